The van der Waals surface area contributed by atoms with Crippen LogP contribution in [-0.2, 0) is 4.79 Å². The molecule has 0 atom stereocenters. The number of piperazine rings is 1. The Labute approximate surface area is 228 Å². The second-order valence-corrected chi connectivity index (χ2v) is 10.7. The molecule has 2 amide bonds. The zero-order chi connectivity index (χ0) is 26.7. The van der Waals surface area contributed by atoms with E-state index in [0.717, 1.165) is 61.9 Å². The fourth-order valence-corrected chi connectivity index (χ4v) is 5.53. The van der Waals surface area contributed by atoms with Crippen LogP contribution < -0.4 is 4.74 Å². The van der Waals surface area contributed by atoms with Crippen molar-refractivity contribution in [3.05, 3.63) is 71.3 Å². The van der Waals surface area contributed by atoms with E-state index in [4.69, 9.17) is 4.74 Å². The molecule has 6 nitrogen and oxygen atoms in total. The van der Waals surface area contributed by atoms with Crippen LogP contribution in [0, 0.1) is 12.8 Å². The van der Waals surface area contributed by atoms with Crippen LogP contribution in [0.5, 0.6) is 5.75 Å². The lowest BCUT2D eigenvalue weighted by molar-refractivity contribution is -0.133. The first-order valence-electron chi connectivity index (χ1n) is 14.2. The smallest absolute Gasteiger partial charge is 0.254 e. The van der Waals surface area contributed by atoms with Gasteiger partial charge < -0.3 is 14.5 Å². The minimum atomic E-state index is 0.0374. The molecule has 2 aliphatic rings. The maximum absolute atomic E-state index is 13.4. The van der Waals surface area contributed by atoms with Crippen molar-refractivity contribution in [2.24, 2.45) is 5.92 Å². The Kier molecular flexibility index (Phi) is 10.4. The zero-order valence-electron chi connectivity index (χ0n) is 23.1. The maximum Gasteiger partial charge on any atom is 0.254 e. The van der Waals surface area contributed by atoms with E-state index in [1.807, 2.05) is 77.4 Å². The molecule has 2 aromatic rings. The summed E-state index contributed by atoms with van der Waals surface area (Å²) in [5.74, 6) is 1.93. The van der Waals surface area contributed by atoms with Crippen LogP contribution in [0.25, 0.3) is 6.08 Å². The molecule has 1 saturated heterocycles. The third kappa shape index (κ3) is 7.94. The van der Waals surface area contributed by atoms with Crippen molar-refractivity contribution in [3.63, 3.8) is 0 Å². The molecule has 4 rings (SSSR count). The van der Waals surface area contributed by atoms with E-state index in [1.54, 1.807) is 7.11 Å². The highest BCUT2D eigenvalue weighted by Gasteiger charge is 2.24. The van der Waals surface area contributed by atoms with Gasteiger partial charge in [-0.3, -0.25) is 14.5 Å². The van der Waals surface area contributed by atoms with Crippen LogP contribution >= 0.6 is 0 Å². The highest BCUT2D eigenvalue weighted by atomic mass is 16.5. The van der Waals surface area contributed by atoms with Crippen molar-refractivity contribution in [2.45, 2.75) is 45.4 Å². The lowest BCUT2D eigenvalue weighted by atomic mass is 10.0. The molecule has 6 heteroatoms. The molecule has 1 aliphatic carbocycles. The highest BCUT2D eigenvalue weighted by molar-refractivity contribution is 5.94. The first kappa shape index (κ1) is 27.9. The van der Waals surface area contributed by atoms with Crippen molar-refractivity contribution in [2.75, 3.05) is 52.9 Å². The fraction of sp³-hybridized carbons (Fsp3) is 0.500. The first-order valence-corrected chi connectivity index (χ1v) is 14.2. The van der Waals surface area contributed by atoms with E-state index in [0.29, 0.717) is 31.0 Å². The van der Waals surface area contributed by atoms with Crippen molar-refractivity contribution >= 4 is 17.9 Å². The van der Waals surface area contributed by atoms with Gasteiger partial charge in [0.25, 0.3) is 5.91 Å². The van der Waals surface area contributed by atoms with Crippen LogP contribution in [0.2, 0.25) is 0 Å². The Balaban J connectivity index is 1.31. The average Bonchev–Trinajstić information content (AvgIpc) is 3.48. The summed E-state index contributed by atoms with van der Waals surface area (Å²) in [7, 11) is 1.67. The van der Waals surface area contributed by atoms with Gasteiger partial charge in [-0.1, -0.05) is 73.7 Å². The molecule has 2 fully saturated rings. The number of methoxy groups -OCH3 is 1. The highest BCUT2D eigenvalue weighted by Crippen LogP contribution is 2.28. The SMILES string of the molecule is COc1ccccc1/C=C/CN(CCN1CCN(C(=O)CCC2CCCC2)CC1)C(=O)c1ccc(C)cc1. The Morgan fingerprint density at radius 3 is 2.42 bits per heavy atom. The number of para-hydroxylation sites is 1. The number of rotatable bonds is 11. The Hall–Kier alpha value is -3.12. The van der Waals surface area contributed by atoms with E-state index in [9.17, 15) is 9.59 Å². The van der Waals surface area contributed by atoms with Gasteiger partial charge in [0.15, 0.2) is 0 Å². The van der Waals surface area contributed by atoms with Gasteiger partial charge in [-0.2, -0.15) is 0 Å². The number of carbonyl (C=O) groups excluding carboxylic acids is 2. The molecule has 0 unspecified atom stereocenters. The lowest BCUT2D eigenvalue weighted by Crippen LogP contribution is -2.50. The van der Waals surface area contributed by atoms with Gasteiger partial charge in [0, 0.05) is 63.4 Å². The summed E-state index contributed by atoms with van der Waals surface area (Å²) >= 11 is 0. The molecule has 0 spiro atoms. The number of aryl methyl sites for hydroxylation is 1. The van der Waals surface area contributed by atoms with Gasteiger partial charge in [-0.15, -0.1) is 0 Å². The normalized spacial score (nSPS) is 16.7. The van der Waals surface area contributed by atoms with Gasteiger partial charge >= 0.3 is 0 Å². The Bertz CT molecular complexity index is 1070. The van der Waals surface area contributed by atoms with Crippen molar-refractivity contribution in [3.8, 4) is 5.75 Å². The van der Waals surface area contributed by atoms with Gasteiger partial charge in [0.05, 0.1) is 7.11 Å². The summed E-state index contributed by atoms with van der Waals surface area (Å²) < 4.78 is 5.46. The van der Waals surface area contributed by atoms with Crippen molar-refractivity contribution in [1.29, 1.82) is 0 Å². The predicted molar refractivity (Wildman–Crippen MR) is 153 cm³/mol. The van der Waals surface area contributed by atoms with Gasteiger partial charge in [-0.05, 0) is 37.5 Å². The van der Waals surface area contributed by atoms with E-state index >= 15 is 0 Å². The summed E-state index contributed by atoms with van der Waals surface area (Å²) in [5.41, 5.74) is 2.84. The van der Waals surface area contributed by atoms with Crippen LogP contribution in [0.3, 0.4) is 0 Å². The van der Waals surface area contributed by atoms with Crippen molar-refractivity contribution in [1.82, 2.24) is 14.7 Å². The molecular formula is C32H43N3O3. The zero-order valence-corrected chi connectivity index (χ0v) is 23.1. The van der Waals surface area contributed by atoms with Crippen LogP contribution in [-0.4, -0.2) is 79.4 Å². The lowest BCUT2D eigenvalue weighted by Gasteiger charge is -2.36. The van der Waals surface area contributed by atoms with E-state index in [2.05, 4.69) is 4.90 Å². The number of carbonyl (C=O) groups is 2. The first-order chi connectivity index (χ1) is 18.5. The summed E-state index contributed by atoms with van der Waals surface area (Å²) in [6.07, 6.45) is 11.1. The summed E-state index contributed by atoms with van der Waals surface area (Å²) in [5, 5.41) is 0. The molecule has 0 bridgehead atoms. The molecule has 204 valence electrons. The molecule has 0 radical (unpaired) electrons. The topological polar surface area (TPSA) is 53.1 Å². The second-order valence-electron chi connectivity index (χ2n) is 10.7. The molecule has 1 heterocycles. The fourth-order valence-electron chi connectivity index (χ4n) is 5.53. The molecule has 0 aromatic heterocycles. The minimum absolute atomic E-state index is 0.0374. The van der Waals surface area contributed by atoms with Crippen LogP contribution in [0.4, 0.5) is 0 Å². The number of hydrogen-bond donors (Lipinski definition) is 0. The third-order valence-electron chi connectivity index (χ3n) is 8.00. The number of hydrogen-bond acceptors (Lipinski definition) is 4. The molecule has 2 aromatic carbocycles. The molecule has 0 N–H and O–H groups in total. The minimum Gasteiger partial charge on any atom is -0.496 e. The van der Waals surface area contributed by atoms with Gasteiger partial charge in [0.1, 0.15) is 5.75 Å². The predicted octanol–water partition coefficient (Wildman–Crippen LogP) is 5.27. The third-order valence-corrected chi connectivity index (χ3v) is 8.00. The molecule has 1 aliphatic heterocycles. The Morgan fingerprint density at radius 2 is 1.71 bits per heavy atom. The summed E-state index contributed by atoms with van der Waals surface area (Å²) in [4.78, 5) is 32.5. The maximum atomic E-state index is 13.4. The molecule has 38 heavy (non-hydrogen) atoms. The molecular weight excluding hydrogens is 474 g/mol. The largest absolute Gasteiger partial charge is 0.496 e. The average molecular weight is 518 g/mol. The number of benzene rings is 2. The summed E-state index contributed by atoms with van der Waals surface area (Å²) in [6, 6.07) is 15.7. The van der Waals surface area contributed by atoms with Gasteiger partial charge in [0.2, 0.25) is 5.91 Å². The summed E-state index contributed by atoms with van der Waals surface area (Å²) in [6.45, 7) is 7.26. The second kappa shape index (κ2) is 14.1. The Morgan fingerprint density at radius 1 is 1.00 bits per heavy atom. The molecule has 1 saturated carbocycles. The van der Waals surface area contributed by atoms with Crippen LogP contribution in [0.1, 0.15) is 60.0 Å². The monoisotopic (exact) mass is 517 g/mol. The number of ether oxygens (including phenoxy) is 1. The standard InChI is InChI=1S/C32H43N3O3/c1-26-13-16-29(17-14-26)32(37)35(19-7-11-28-10-5-6-12-30(28)38-2)25-22-33-20-23-34(24-21-33)31(36)18-15-27-8-3-4-9-27/h5-7,10-14,16-17,27H,3-4,8-9,15,18-25H2,1-2H3/b11-7+. The number of nitrogens with zero attached hydrogens (tertiary/aromatic N) is 3. The van der Waals surface area contributed by atoms with E-state index in [-0.39, 0.29) is 5.91 Å². The van der Waals surface area contributed by atoms with Crippen LogP contribution in [0.15, 0.2) is 54.6 Å². The number of amides is 2. The van der Waals surface area contributed by atoms with E-state index in [1.165, 1.54) is 25.7 Å². The van der Waals surface area contributed by atoms with E-state index < -0.39 is 0 Å². The van der Waals surface area contributed by atoms with Crippen molar-refractivity contribution < 1.29 is 14.3 Å². The quantitative estimate of drug-likeness (QED) is 0.407. The van der Waals surface area contributed by atoms with Gasteiger partial charge in [-0.25, -0.2) is 0 Å².